The molecule has 0 amide bonds. The summed E-state index contributed by atoms with van der Waals surface area (Å²) in [5, 5.41) is 11.8. The van der Waals surface area contributed by atoms with E-state index in [9.17, 15) is 0 Å². The molecule has 0 aliphatic heterocycles. The van der Waals surface area contributed by atoms with Crippen molar-refractivity contribution < 1.29 is 4.74 Å². The Morgan fingerprint density at radius 3 is 2.89 bits per heavy atom. The highest BCUT2D eigenvalue weighted by Gasteiger charge is 2.16. The zero-order valence-corrected chi connectivity index (χ0v) is 10.8. The molecule has 0 bridgehead atoms. The molecule has 0 saturated heterocycles. The maximum Gasteiger partial charge on any atom is 0.186 e. The minimum absolute atomic E-state index is 0.234. The topological polar surface area (TPSA) is 78.9 Å². The molecule has 2 aromatic rings. The summed E-state index contributed by atoms with van der Waals surface area (Å²) in [6.45, 7) is 4.17. The lowest BCUT2D eigenvalue weighted by atomic mass is 10.1. The number of ether oxygens (including phenoxy) is 1. The van der Waals surface area contributed by atoms with Gasteiger partial charge in [-0.25, -0.2) is 4.68 Å². The zero-order chi connectivity index (χ0) is 13.1. The van der Waals surface area contributed by atoms with Gasteiger partial charge in [-0.2, -0.15) is 0 Å². The van der Waals surface area contributed by atoms with Crippen molar-refractivity contribution in [3.63, 3.8) is 0 Å². The summed E-state index contributed by atoms with van der Waals surface area (Å²) in [6.07, 6.45) is 0.954. The Hall–Kier alpha value is -2.11. The summed E-state index contributed by atoms with van der Waals surface area (Å²) >= 11 is 0. The van der Waals surface area contributed by atoms with Gasteiger partial charge in [0.1, 0.15) is 5.75 Å². The van der Waals surface area contributed by atoms with Crippen LogP contribution in [0.1, 0.15) is 26.3 Å². The Kier molecular flexibility index (Phi) is 3.45. The number of nitrogen functional groups attached to an aromatic ring is 1. The third kappa shape index (κ3) is 2.13. The lowest BCUT2D eigenvalue weighted by Gasteiger charge is -2.13. The van der Waals surface area contributed by atoms with Gasteiger partial charge >= 0.3 is 0 Å². The van der Waals surface area contributed by atoms with Crippen LogP contribution < -0.4 is 10.5 Å². The standard InChI is InChI=1S/C12H17N5O/c1-4-8(2)17-12(14-15-16-17)10-6-5-9(13)7-11(10)18-3/h5-8H,4,13H2,1-3H3. The van der Waals surface area contributed by atoms with Crippen LogP contribution in [-0.2, 0) is 0 Å². The molecule has 2 rings (SSSR count). The molecule has 2 N–H and O–H groups in total. The average Bonchev–Trinajstić information content (AvgIpc) is 2.86. The number of hydrogen-bond acceptors (Lipinski definition) is 5. The molecular weight excluding hydrogens is 230 g/mol. The van der Waals surface area contributed by atoms with Crippen molar-refractivity contribution in [3.05, 3.63) is 18.2 Å². The van der Waals surface area contributed by atoms with Crippen LogP contribution in [0.2, 0.25) is 0 Å². The fourth-order valence-corrected chi connectivity index (χ4v) is 1.73. The van der Waals surface area contributed by atoms with E-state index in [0.29, 0.717) is 17.3 Å². The summed E-state index contributed by atoms with van der Waals surface area (Å²) in [6, 6.07) is 5.69. The van der Waals surface area contributed by atoms with E-state index in [1.807, 2.05) is 12.1 Å². The summed E-state index contributed by atoms with van der Waals surface area (Å²) in [5.74, 6) is 1.37. The van der Waals surface area contributed by atoms with Gasteiger partial charge in [-0.05, 0) is 35.9 Å². The van der Waals surface area contributed by atoms with Crippen molar-refractivity contribution in [3.8, 4) is 17.1 Å². The Balaban J connectivity index is 2.52. The van der Waals surface area contributed by atoms with E-state index < -0.39 is 0 Å². The molecule has 1 aromatic heterocycles. The van der Waals surface area contributed by atoms with Gasteiger partial charge in [0, 0.05) is 11.8 Å². The van der Waals surface area contributed by atoms with Crippen molar-refractivity contribution in [2.45, 2.75) is 26.3 Å². The van der Waals surface area contributed by atoms with Crippen LogP contribution in [0, 0.1) is 0 Å². The summed E-state index contributed by atoms with van der Waals surface area (Å²) in [5.41, 5.74) is 7.24. The summed E-state index contributed by atoms with van der Waals surface area (Å²) < 4.78 is 7.13. The van der Waals surface area contributed by atoms with E-state index in [1.54, 1.807) is 17.9 Å². The first-order valence-electron chi connectivity index (χ1n) is 5.89. The Labute approximate surface area is 106 Å². The van der Waals surface area contributed by atoms with E-state index in [2.05, 4.69) is 29.4 Å². The normalized spacial score (nSPS) is 12.4. The van der Waals surface area contributed by atoms with Crippen molar-refractivity contribution in [1.82, 2.24) is 20.2 Å². The second kappa shape index (κ2) is 5.03. The van der Waals surface area contributed by atoms with E-state index in [-0.39, 0.29) is 6.04 Å². The molecule has 1 atom stereocenters. The largest absolute Gasteiger partial charge is 0.496 e. The lowest BCUT2D eigenvalue weighted by Crippen LogP contribution is -2.08. The van der Waals surface area contributed by atoms with Gasteiger partial charge in [0.05, 0.1) is 18.7 Å². The molecule has 1 heterocycles. The van der Waals surface area contributed by atoms with Crippen LogP contribution in [0.3, 0.4) is 0 Å². The van der Waals surface area contributed by atoms with E-state index >= 15 is 0 Å². The summed E-state index contributed by atoms with van der Waals surface area (Å²) in [7, 11) is 1.61. The number of anilines is 1. The molecule has 0 fully saturated rings. The highest BCUT2D eigenvalue weighted by Crippen LogP contribution is 2.31. The van der Waals surface area contributed by atoms with Crippen LogP contribution in [0.4, 0.5) is 5.69 Å². The highest BCUT2D eigenvalue weighted by molar-refractivity contribution is 5.67. The zero-order valence-electron chi connectivity index (χ0n) is 10.8. The molecule has 0 spiro atoms. The van der Waals surface area contributed by atoms with Crippen LogP contribution in [0.25, 0.3) is 11.4 Å². The lowest BCUT2D eigenvalue weighted by molar-refractivity contribution is 0.414. The number of nitrogens with two attached hydrogens (primary N) is 1. The molecule has 96 valence electrons. The van der Waals surface area contributed by atoms with Crippen LogP contribution in [-0.4, -0.2) is 27.3 Å². The third-order valence-electron chi connectivity index (χ3n) is 2.97. The number of aromatic nitrogens is 4. The molecule has 0 saturated carbocycles. The Bertz CT molecular complexity index is 537. The van der Waals surface area contributed by atoms with E-state index in [1.165, 1.54) is 0 Å². The molecular formula is C12H17N5O. The van der Waals surface area contributed by atoms with Crippen LogP contribution >= 0.6 is 0 Å². The molecule has 0 aliphatic carbocycles. The van der Waals surface area contributed by atoms with Gasteiger partial charge in [-0.1, -0.05) is 6.92 Å². The van der Waals surface area contributed by atoms with Gasteiger partial charge in [0.25, 0.3) is 0 Å². The van der Waals surface area contributed by atoms with Gasteiger partial charge < -0.3 is 10.5 Å². The predicted octanol–water partition coefficient (Wildman–Crippen LogP) is 1.90. The fraction of sp³-hybridized carbons (Fsp3) is 0.417. The Morgan fingerprint density at radius 2 is 2.22 bits per heavy atom. The first-order chi connectivity index (χ1) is 8.67. The van der Waals surface area contributed by atoms with Gasteiger partial charge in [0.15, 0.2) is 5.82 Å². The minimum atomic E-state index is 0.234. The maximum atomic E-state index is 5.74. The number of nitrogens with zero attached hydrogens (tertiary/aromatic N) is 4. The highest BCUT2D eigenvalue weighted by atomic mass is 16.5. The smallest absolute Gasteiger partial charge is 0.186 e. The maximum absolute atomic E-state index is 5.74. The first kappa shape index (κ1) is 12.3. The summed E-state index contributed by atoms with van der Waals surface area (Å²) in [4.78, 5) is 0. The molecule has 1 aromatic carbocycles. The molecule has 1 unspecified atom stereocenters. The van der Waals surface area contributed by atoms with Crippen LogP contribution in [0.5, 0.6) is 5.75 Å². The third-order valence-corrected chi connectivity index (χ3v) is 2.97. The van der Waals surface area contributed by atoms with Gasteiger partial charge in [0.2, 0.25) is 0 Å². The fourth-order valence-electron chi connectivity index (χ4n) is 1.73. The second-order valence-corrected chi connectivity index (χ2v) is 4.16. The van der Waals surface area contributed by atoms with Crippen molar-refractivity contribution in [1.29, 1.82) is 0 Å². The average molecular weight is 247 g/mol. The molecule has 0 radical (unpaired) electrons. The number of methoxy groups -OCH3 is 1. The van der Waals surface area contributed by atoms with Crippen molar-refractivity contribution in [2.75, 3.05) is 12.8 Å². The SMILES string of the molecule is CCC(C)n1nnnc1-c1ccc(N)cc1OC. The molecule has 0 aliphatic rings. The van der Waals surface area contributed by atoms with E-state index in [4.69, 9.17) is 10.5 Å². The second-order valence-electron chi connectivity index (χ2n) is 4.16. The van der Waals surface area contributed by atoms with Crippen LogP contribution in [0.15, 0.2) is 18.2 Å². The predicted molar refractivity (Wildman–Crippen MR) is 69.2 cm³/mol. The number of rotatable bonds is 4. The van der Waals surface area contributed by atoms with Gasteiger partial charge in [-0.3, -0.25) is 0 Å². The monoisotopic (exact) mass is 247 g/mol. The first-order valence-corrected chi connectivity index (χ1v) is 5.89. The van der Waals surface area contributed by atoms with Crippen molar-refractivity contribution >= 4 is 5.69 Å². The van der Waals surface area contributed by atoms with E-state index in [0.717, 1.165) is 12.0 Å². The van der Waals surface area contributed by atoms with Gasteiger partial charge in [-0.15, -0.1) is 5.10 Å². The number of tetrazole rings is 1. The minimum Gasteiger partial charge on any atom is -0.496 e. The van der Waals surface area contributed by atoms with Crippen molar-refractivity contribution in [2.24, 2.45) is 0 Å². The number of benzene rings is 1. The molecule has 6 heteroatoms. The molecule has 18 heavy (non-hydrogen) atoms. The Morgan fingerprint density at radius 1 is 1.44 bits per heavy atom. The molecule has 6 nitrogen and oxygen atoms in total. The number of hydrogen-bond donors (Lipinski definition) is 1. The quantitative estimate of drug-likeness (QED) is 0.835.